The Bertz CT molecular complexity index is 774. The highest BCUT2D eigenvalue weighted by molar-refractivity contribution is 6.74. The van der Waals surface area contributed by atoms with Gasteiger partial charge in [-0.1, -0.05) is 20.8 Å². The third kappa shape index (κ3) is 4.55. The highest BCUT2D eigenvalue weighted by Gasteiger charge is 2.42. The molecule has 0 radical (unpaired) electrons. The molecule has 28 heavy (non-hydrogen) atoms. The smallest absolute Gasteiger partial charge is 0.305 e. The third-order valence-corrected chi connectivity index (χ3v) is 9.97. The van der Waals surface area contributed by atoms with Crippen molar-refractivity contribution in [2.24, 2.45) is 5.73 Å². The van der Waals surface area contributed by atoms with Crippen LogP contribution in [0.25, 0.3) is 0 Å². The molecule has 0 aromatic heterocycles. The van der Waals surface area contributed by atoms with Crippen LogP contribution in [0.1, 0.15) is 33.6 Å². The zero-order chi connectivity index (χ0) is 21.3. The first-order valence-electron chi connectivity index (χ1n) is 9.36. The van der Waals surface area contributed by atoms with Gasteiger partial charge in [-0.15, -0.1) is 0 Å². The van der Waals surface area contributed by atoms with Crippen LogP contribution in [0.15, 0.2) is 35.3 Å². The lowest BCUT2D eigenvalue weighted by molar-refractivity contribution is -0.141. The number of methoxy groups -OCH3 is 1. The fourth-order valence-electron chi connectivity index (χ4n) is 2.86. The number of rotatable bonds is 7. The minimum Gasteiger partial charge on any atom is -0.541 e. The molecule has 0 saturated heterocycles. The van der Waals surface area contributed by atoms with Crippen LogP contribution in [-0.2, 0) is 23.5 Å². The van der Waals surface area contributed by atoms with Gasteiger partial charge in [0.05, 0.1) is 7.11 Å². The molecule has 0 aromatic carbocycles. The van der Waals surface area contributed by atoms with E-state index in [9.17, 15) is 14.4 Å². The standard InChI is InChI=1S/C20H30N2O5Si/c1-20(2,3)28(5,6)27-18-14-12-22(11-13(14)7-9-16(18)23)15(19(21)25)8-10-17(24)26-4/h7,9,11,15H,8,10,12H2,1-6H3,(H2,21,25). The maximum absolute atomic E-state index is 12.6. The van der Waals surface area contributed by atoms with E-state index in [0.717, 1.165) is 11.1 Å². The van der Waals surface area contributed by atoms with Crippen LogP contribution in [0.4, 0.5) is 0 Å². The molecule has 1 aliphatic heterocycles. The van der Waals surface area contributed by atoms with Gasteiger partial charge in [-0.05, 0) is 42.3 Å². The van der Waals surface area contributed by atoms with Crippen molar-refractivity contribution in [2.45, 2.75) is 57.8 Å². The minimum absolute atomic E-state index is 0.0551. The topological polar surface area (TPSA) is 98.9 Å². The van der Waals surface area contributed by atoms with Gasteiger partial charge in [0.15, 0.2) is 5.76 Å². The first-order chi connectivity index (χ1) is 12.9. The van der Waals surface area contributed by atoms with E-state index >= 15 is 0 Å². The van der Waals surface area contributed by atoms with E-state index in [1.807, 2.05) is 0 Å². The number of primary amides is 1. The molecule has 154 valence electrons. The summed E-state index contributed by atoms with van der Waals surface area (Å²) in [4.78, 5) is 37.8. The van der Waals surface area contributed by atoms with Crippen molar-refractivity contribution < 1.29 is 23.5 Å². The summed E-state index contributed by atoms with van der Waals surface area (Å²) in [6, 6.07) is -0.665. The van der Waals surface area contributed by atoms with Crippen molar-refractivity contribution in [3.63, 3.8) is 0 Å². The molecular formula is C20H30N2O5Si. The molecule has 0 aromatic rings. The summed E-state index contributed by atoms with van der Waals surface area (Å²) in [5.41, 5.74) is 7.16. The molecule has 8 heteroatoms. The molecule has 0 bridgehead atoms. The van der Waals surface area contributed by atoms with Crippen molar-refractivity contribution in [3.05, 3.63) is 35.3 Å². The Morgan fingerprint density at radius 1 is 1.29 bits per heavy atom. The Labute approximate surface area is 167 Å². The molecule has 2 rings (SSSR count). The average molecular weight is 407 g/mol. The number of esters is 1. The number of nitrogens with zero attached hydrogens (tertiary/aromatic N) is 1. The van der Waals surface area contributed by atoms with E-state index in [0.29, 0.717) is 12.3 Å². The normalized spacial score (nSPS) is 18.0. The number of ketones is 1. The summed E-state index contributed by atoms with van der Waals surface area (Å²) in [6.45, 7) is 10.9. The van der Waals surface area contributed by atoms with Crippen molar-refractivity contribution in [3.8, 4) is 0 Å². The van der Waals surface area contributed by atoms with Gasteiger partial charge in [-0.3, -0.25) is 14.4 Å². The Hall–Kier alpha value is -2.35. The summed E-state index contributed by atoms with van der Waals surface area (Å²) >= 11 is 0. The summed E-state index contributed by atoms with van der Waals surface area (Å²) in [5.74, 6) is -0.725. The Kier molecular flexibility index (Phi) is 6.23. The molecule has 1 heterocycles. The zero-order valence-corrected chi connectivity index (χ0v) is 18.5. The van der Waals surface area contributed by atoms with E-state index < -0.39 is 26.2 Å². The average Bonchev–Trinajstić information content (AvgIpc) is 3.00. The first-order valence-corrected chi connectivity index (χ1v) is 12.3. The van der Waals surface area contributed by atoms with Crippen LogP contribution in [0.5, 0.6) is 0 Å². The van der Waals surface area contributed by atoms with E-state index in [1.54, 1.807) is 17.2 Å². The molecule has 1 atom stereocenters. The van der Waals surface area contributed by atoms with Gasteiger partial charge in [0, 0.05) is 24.7 Å². The fourth-order valence-corrected chi connectivity index (χ4v) is 3.90. The number of carbonyl (C=O) groups is 3. The number of hydrogen-bond acceptors (Lipinski definition) is 6. The van der Waals surface area contributed by atoms with Crippen LogP contribution >= 0.6 is 0 Å². The predicted molar refractivity (Wildman–Crippen MR) is 108 cm³/mol. The molecule has 0 saturated carbocycles. The molecule has 1 aliphatic carbocycles. The maximum Gasteiger partial charge on any atom is 0.305 e. The number of amides is 1. The summed E-state index contributed by atoms with van der Waals surface area (Å²) in [5, 5.41) is -0.0551. The maximum atomic E-state index is 12.6. The SMILES string of the molecule is COC(=O)CCC(C(N)=O)N1C=C2C=CC(=O)C(O[Si](C)(C)C(C)(C)C)=C2C1. The summed E-state index contributed by atoms with van der Waals surface area (Å²) in [6.07, 6.45) is 5.36. The largest absolute Gasteiger partial charge is 0.541 e. The van der Waals surface area contributed by atoms with E-state index in [-0.39, 0.29) is 23.7 Å². The second-order valence-electron chi connectivity index (χ2n) is 8.66. The van der Waals surface area contributed by atoms with Gasteiger partial charge in [-0.25, -0.2) is 0 Å². The van der Waals surface area contributed by atoms with Gasteiger partial charge < -0.3 is 19.8 Å². The second-order valence-corrected chi connectivity index (χ2v) is 13.4. The molecule has 0 fully saturated rings. The molecule has 2 aliphatic rings. The van der Waals surface area contributed by atoms with Crippen LogP contribution in [0.3, 0.4) is 0 Å². The Morgan fingerprint density at radius 3 is 2.46 bits per heavy atom. The molecule has 2 N–H and O–H groups in total. The van der Waals surface area contributed by atoms with Gasteiger partial charge in [0.1, 0.15) is 6.04 Å². The highest BCUT2D eigenvalue weighted by Crippen LogP contribution is 2.40. The van der Waals surface area contributed by atoms with Gasteiger partial charge in [0.25, 0.3) is 8.32 Å². The zero-order valence-electron chi connectivity index (χ0n) is 17.5. The van der Waals surface area contributed by atoms with Gasteiger partial charge >= 0.3 is 5.97 Å². The molecule has 1 unspecified atom stereocenters. The second kappa shape index (κ2) is 7.95. The van der Waals surface area contributed by atoms with Crippen molar-refractivity contribution in [1.29, 1.82) is 0 Å². The van der Waals surface area contributed by atoms with E-state index in [2.05, 4.69) is 38.6 Å². The number of carbonyl (C=O) groups excluding carboxylic acids is 3. The number of nitrogens with two attached hydrogens (primary N) is 1. The van der Waals surface area contributed by atoms with Crippen LogP contribution in [-0.4, -0.2) is 50.6 Å². The van der Waals surface area contributed by atoms with Gasteiger partial charge in [-0.2, -0.15) is 0 Å². The summed E-state index contributed by atoms with van der Waals surface area (Å²) < 4.78 is 11.0. The Balaban J connectivity index is 2.30. The third-order valence-electron chi connectivity index (χ3n) is 5.65. The number of hydrogen-bond donors (Lipinski definition) is 1. The molecule has 1 amide bonds. The molecule has 0 spiro atoms. The van der Waals surface area contributed by atoms with Crippen LogP contribution < -0.4 is 5.73 Å². The van der Waals surface area contributed by atoms with Crippen molar-refractivity contribution in [2.75, 3.05) is 13.7 Å². The van der Waals surface area contributed by atoms with Crippen molar-refractivity contribution in [1.82, 2.24) is 4.90 Å². The minimum atomic E-state index is -2.21. The fraction of sp³-hybridized carbons (Fsp3) is 0.550. The molecule has 7 nitrogen and oxygen atoms in total. The number of allylic oxidation sites excluding steroid dienone is 2. The van der Waals surface area contributed by atoms with Crippen LogP contribution in [0, 0.1) is 0 Å². The highest BCUT2D eigenvalue weighted by atomic mass is 28.4. The lowest BCUT2D eigenvalue weighted by Crippen LogP contribution is -2.43. The van der Waals surface area contributed by atoms with Crippen molar-refractivity contribution >= 4 is 26.0 Å². The monoisotopic (exact) mass is 406 g/mol. The van der Waals surface area contributed by atoms with E-state index in [4.69, 9.17) is 10.2 Å². The Morgan fingerprint density at radius 2 is 1.93 bits per heavy atom. The molecular weight excluding hydrogens is 376 g/mol. The number of fused-ring (bicyclic) bond motifs is 1. The van der Waals surface area contributed by atoms with E-state index in [1.165, 1.54) is 13.2 Å². The first kappa shape index (κ1) is 21.9. The summed E-state index contributed by atoms with van der Waals surface area (Å²) in [7, 11) is -0.906. The predicted octanol–water partition coefficient (Wildman–Crippen LogP) is 2.41. The lowest BCUT2D eigenvalue weighted by atomic mass is 10.0. The van der Waals surface area contributed by atoms with Crippen LogP contribution in [0.2, 0.25) is 18.1 Å². The quantitative estimate of drug-likeness (QED) is 0.515. The van der Waals surface area contributed by atoms with Gasteiger partial charge in [0.2, 0.25) is 11.7 Å². The number of ether oxygens (including phenoxy) is 1. The lowest BCUT2D eigenvalue weighted by Gasteiger charge is -2.37.